The monoisotopic (exact) mass is 220 g/mol. The summed E-state index contributed by atoms with van der Waals surface area (Å²) in [6.45, 7) is 4.67. The molecule has 0 aliphatic heterocycles. The molecule has 0 aliphatic carbocycles. The molecule has 0 aliphatic rings. The standard InChI is InChI=1S/C8H16N2O3S/c1-8(2)13-6-3-5-10-14(11,12)7-4-9/h8,10H,3,5-7H2,1-2H3. The van der Waals surface area contributed by atoms with Crippen LogP contribution in [0.25, 0.3) is 0 Å². The van der Waals surface area contributed by atoms with Gasteiger partial charge in [-0.25, -0.2) is 13.1 Å². The first-order chi connectivity index (χ1) is 6.48. The van der Waals surface area contributed by atoms with Crippen molar-refractivity contribution in [1.82, 2.24) is 4.72 Å². The number of nitriles is 1. The zero-order valence-corrected chi connectivity index (χ0v) is 9.30. The Morgan fingerprint density at radius 1 is 1.50 bits per heavy atom. The fourth-order valence-electron chi connectivity index (χ4n) is 0.755. The summed E-state index contributed by atoms with van der Waals surface area (Å²) in [6, 6.07) is 1.59. The van der Waals surface area contributed by atoms with Gasteiger partial charge >= 0.3 is 0 Å². The molecule has 0 saturated carbocycles. The van der Waals surface area contributed by atoms with Gasteiger partial charge in [0.2, 0.25) is 10.0 Å². The molecule has 0 aromatic heterocycles. The van der Waals surface area contributed by atoms with E-state index in [1.165, 1.54) is 0 Å². The third-order valence-corrected chi connectivity index (χ3v) is 2.50. The van der Waals surface area contributed by atoms with Crippen LogP contribution in [0.1, 0.15) is 20.3 Å². The van der Waals surface area contributed by atoms with E-state index in [1.54, 1.807) is 6.07 Å². The van der Waals surface area contributed by atoms with Gasteiger partial charge in [-0.05, 0) is 20.3 Å². The molecular weight excluding hydrogens is 204 g/mol. The van der Waals surface area contributed by atoms with Gasteiger partial charge in [-0.2, -0.15) is 5.26 Å². The Labute approximate surface area is 85.1 Å². The quantitative estimate of drug-likeness (QED) is 0.623. The van der Waals surface area contributed by atoms with Gasteiger partial charge in [-0.15, -0.1) is 0 Å². The van der Waals surface area contributed by atoms with Crippen molar-refractivity contribution in [3.05, 3.63) is 0 Å². The Hall–Kier alpha value is -0.640. The molecule has 0 rings (SSSR count). The van der Waals surface area contributed by atoms with Crippen LogP contribution in [-0.4, -0.2) is 33.4 Å². The molecule has 0 bridgehead atoms. The van der Waals surface area contributed by atoms with Crippen LogP contribution in [0.5, 0.6) is 0 Å². The van der Waals surface area contributed by atoms with Crippen molar-refractivity contribution >= 4 is 10.0 Å². The molecule has 0 atom stereocenters. The lowest BCUT2D eigenvalue weighted by atomic mass is 10.4. The molecule has 5 nitrogen and oxygen atoms in total. The predicted molar refractivity (Wildman–Crippen MR) is 53.1 cm³/mol. The lowest BCUT2D eigenvalue weighted by molar-refractivity contribution is 0.0778. The molecule has 0 unspecified atom stereocenters. The second-order valence-electron chi connectivity index (χ2n) is 3.08. The van der Waals surface area contributed by atoms with E-state index in [-0.39, 0.29) is 6.10 Å². The van der Waals surface area contributed by atoms with E-state index < -0.39 is 15.8 Å². The van der Waals surface area contributed by atoms with E-state index in [4.69, 9.17) is 10.00 Å². The van der Waals surface area contributed by atoms with E-state index in [2.05, 4.69) is 4.72 Å². The molecule has 0 aromatic rings. The average molecular weight is 220 g/mol. The fourth-order valence-corrected chi connectivity index (χ4v) is 1.48. The zero-order chi connectivity index (χ0) is 11.0. The van der Waals surface area contributed by atoms with Gasteiger partial charge in [-0.3, -0.25) is 0 Å². The maximum Gasteiger partial charge on any atom is 0.225 e. The number of nitrogens with zero attached hydrogens (tertiary/aromatic N) is 1. The Kier molecular flexibility index (Phi) is 6.45. The van der Waals surface area contributed by atoms with Crippen molar-refractivity contribution in [3.63, 3.8) is 0 Å². The lowest BCUT2D eigenvalue weighted by Crippen LogP contribution is -2.27. The smallest absolute Gasteiger partial charge is 0.225 e. The van der Waals surface area contributed by atoms with Crippen LogP contribution in [0.15, 0.2) is 0 Å². The summed E-state index contributed by atoms with van der Waals surface area (Å²) in [5, 5.41) is 8.18. The topological polar surface area (TPSA) is 79.2 Å². The first kappa shape index (κ1) is 13.4. The third kappa shape index (κ3) is 7.98. The van der Waals surface area contributed by atoms with Crippen LogP contribution in [0.2, 0.25) is 0 Å². The number of rotatable bonds is 7. The van der Waals surface area contributed by atoms with Crippen molar-refractivity contribution < 1.29 is 13.2 Å². The van der Waals surface area contributed by atoms with Crippen LogP contribution in [0.3, 0.4) is 0 Å². The molecule has 14 heavy (non-hydrogen) atoms. The molecule has 0 spiro atoms. The van der Waals surface area contributed by atoms with Crippen molar-refractivity contribution in [2.24, 2.45) is 0 Å². The Morgan fingerprint density at radius 2 is 2.14 bits per heavy atom. The van der Waals surface area contributed by atoms with E-state index in [9.17, 15) is 8.42 Å². The molecule has 0 aromatic carbocycles. The number of ether oxygens (including phenoxy) is 1. The maximum absolute atomic E-state index is 11.0. The fraction of sp³-hybridized carbons (Fsp3) is 0.875. The average Bonchev–Trinajstić information content (AvgIpc) is 2.02. The van der Waals surface area contributed by atoms with Crippen molar-refractivity contribution in [3.8, 4) is 6.07 Å². The Morgan fingerprint density at radius 3 is 2.64 bits per heavy atom. The van der Waals surface area contributed by atoms with E-state index >= 15 is 0 Å². The van der Waals surface area contributed by atoms with Crippen LogP contribution in [0.4, 0.5) is 0 Å². The molecule has 0 radical (unpaired) electrons. The van der Waals surface area contributed by atoms with Gasteiger partial charge < -0.3 is 4.74 Å². The van der Waals surface area contributed by atoms with Gasteiger partial charge in [0.25, 0.3) is 0 Å². The minimum Gasteiger partial charge on any atom is -0.379 e. The highest BCUT2D eigenvalue weighted by Gasteiger charge is 2.07. The molecule has 0 heterocycles. The first-order valence-electron chi connectivity index (χ1n) is 4.44. The number of hydrogen-bond donors (Lipinski definition) is 1. The van der Waals surface area contributed by atoms with Crippen LogP contribution in [-0.2, 0) is 14.8 Å². The van der Waals surface area contributed by atoms with Crippen molar-refractivity contribution in [2.45, 2.75) is 26.4 Å². The summed E-state index contributed by atoms with van der Waals surface area (Å²) >= 11 is 0. The van der Waals surface area contributed by atoms with E-state index in [0.29, 0.717) is 19.6 Å². The van der Waals surface area contributed by atoms with Crippen molar-refractivity contribution in [1.29, 1.82) is 5.26 Å². The Bertz CT molecular complexity index is 279. The molecule has 6 heteroatoms. The van der Waals surface area contributed by atoms with E-state index in [0.717, 1.165) is 0 Å². The Balaban J connectivity index is 3.51. The summed E-state index contributed by atoms with van der Waals surface area (Å²) in [7, 11) is -3.40. The molecule has 82 valence electrons. The third-order valence-electron chi connectivity index (χ3n) is 1.35. The first-order valence-corrected chi connectivity index (χ1v) is 6.09. The summed E-state index contributed by atoms with van der Waals surface area (Å²) in [5.41, 5.74) is 0. The van der Waals surface area contributed by atoms with Gasteiger partial charge in [-0.1, -0.05) is 0 Å². The highest BCUT2D eigenvalue weighted by molar-refractivity contribution is 7.89. The lowest BCUT2D eigenvalue weighted by Gasteiger charge is -2.07. The molecule has 0 amide bonds. The van der Waals surface area contributed by atoms with Crippen LogP contribution >= 0.6 is 0 Å². The van der Waals surface area contributed by atoms with Gasteiger partial charge in [0.1, 0.15) is 0 Å². The van der Waals surface area contributed by atoms with Gasteiger partial charge in [0.15, 0.2) is 5.75 Å². The zero-order valence-electron chi connectivity index (χ0n) is 8.49. The minimum absolute atomic E-state index is 0.158. The second kappa shape index (κ2) is 6.76. The van der Waals surface area contributed by atoms with Crippen LogP contribution in [0, 0.1) is 11.3 Å². The number of nitrogens with one attached hydrogen (secondary N) is 1. The normalized spacial score (nSPS) is 11.6. The molecular formula is C8H16N2O3S. The maximum atomic E-state index is 11.0. The van der Waals surface area contributed by atoms with Crippen LogP contribution < -0.4 is 4.72 Å². The van der Waals surface area contributed by atoms with E-state index in [1.807, 2.05) is 13.8 Å². The van der Waals surface area contributed by atoms with Gasteiger partial charge in [0, 0.05) is 13.2 Å². The minimum atomic E-state index is -3.40. The largest absolute Gasteiger partial charge is 0.379 e. The summed E-state index contributed by atoms with van der Waals surface area (Å²) in [5.74, 6) is -0.488. The van der Waals surface area contributed by atoms with Gasteiger partial charge in [0.05, 0.1) is 12.2 Å². The highest BCUT2D eigenvalue weighted by Crippen LogP contribution is 1.90. The predicted octanol–water partition coefficient (Wildman–Crippen LogP) is 0.244. The summed E-state index contributed by atoms with van der Waals surface area (Å²) < 4.78 is 29.4. The SMILES string of the molecule is CC(C)OCCCNS(=O)(=O)CC#N. The molecule has 1 N–H and O–H groups in total. The number of hydrogen-bond acceptors (Lipinski definition) is 4. The molecule has 0 fully saturated rings. The summed E-state index contributed by atoms with van der Waals surface area (Å²) in [4.78, 5) is 0. The summed E-state index contributed by atoms with van der Waals surface area (Å²) in [6.07, 6.45) is 0.772. The molecule has 0 saturated heterocycles. The second-order valence-corrected chi connectivity index (χ2v) is 4.89. The number of sulfonamides is 1. The highest BCUT2D eigenvalue weighted by atomic mass is 32.2. The van der Waals surface area contributed by atoms with Crippen molar-refractivity contribution in [2.75, 3.05) is 18.9 Å².